The van der Waals surface area contributed by atoms with Crippen molar-refractivity contribution in [2.75, 3.05) is 0 Å². The molecular formula is C14H10BrN. The molecule has 1 nitrogen and oxygen atoms in total. The van der Waals surface area contributed by atoms with Gasteiger partial charge in [0.25, 0.3) is 0 Å². The molecule has 2 aromatic rings. The van der Waals surface area contributed by atoms with Crippen molar-refractivity contribution in [1.29, 1.82) is 0 Å². The Morgan fingerprint density at radius 3 is 2.50 bits per heavy atom. The number of rotatable bonds is 1. The standard InChI is InChI=1S/C14H10BrN/c15-12-7-3-2-6-11(12)14-9-10-5-1-4-8-13(10)16-14/h1-8H,9H2. The van der Waals surface area contributed by atoms with Gasteiger partial charge in [-0.15, -0.1) is 0 Å². The minimum Gasteiger partial charge on any atom is -0.252 e. The Bertz CT molecular complexity index is 572. The van der Waals surface area contributed by atoms with Crippen molar-refractivity contribution in [2.24, 2.45) is 4.99 Å². The Labute approximate surface area is 103 Å². The number of aliphatic imine (C=N–C) groups is 1. The van der Waals surface area contributed by atoms with Gasteiger partial charge in [-0.1, -0.05) is 52.3 Å². The Balaban J connectivity index is 2.05. The first-order valence-corrected chi connectivity index (χ1v) is 6.04. The van der Waals surface area contributed by atoms with Crippen LogP contribution < -0.4 is 0 Å². The van der Waals surface area contributed by atoms with Gasteiger partial charge in [-0.25, -0.2) is 0 Å². The fraction of sp³-hybridized carbons (Fsp3) is 0.0714. The van der Waals surface area contributed by atoms with E-state index in [1.807, 2.05) is 18.2 Å². The van der Waals surface area contributed by atoms with Crippen LogP contribution in [0.15, 0.2) is 58.0 Å². The summed E-state index contributed by atoms with van der Waals surface area (Å²) in [4.78, 5) is 4.67. The Morgan fingerprint density at radius 2 is 1.69 bits per heavy atom. The molecule has 1 aliphatic heterocycles. The van der Waals surface area contributed by atoms with Crippen LogP contribution in [0.1, 0.15) is 11.1 Å². The lowest BCUT2D eigenvalue weighted by Crippen LogP contribution is -2.00. The number of benzene rings is 2. The molecule has 2 heteroatoms. The van der Waals surface area contributed by atoms with E-state index in [-0.39, 0.29) is 0 Å². The van der Waals surface area contributed by atoms with Gasteiger partial charge in [0.2, 0.25) is 0 Å². The predicted octanol–water partition coefficient (Wildman–Crippen LogP) is 4.13. The van der Waals surface area contributed by atoms with Gasteiger partial charge in [0.05, 0.1) is 11.4 Å². The van der Waals surface area contributed by atoms with Crippen molar-refractivity contribution >= 4 is 27.3 Å². The number of para-hydroxylation sites is 1. The van der Waals surface area contributed by atoms with Crippen LogP contribution in [-0.2, 0) is 6.42 Å². The average molecular weight is 272 g/mol. The fourth-order valence-electron chi connectivity index (χ4n) is 1.99. The van der Waals surface area contributed by atoms with Gasteiger partial charge in [-0.05, 0) is 17.7 Å². The molecule has 1 heterocycles. The molecule has 16 heavy (non-hydrogen) atoms. The molecule has 0 fully saturated rings. The molecule has 1 aliphatic rings. The summed E-state index contributed by atoms with van der Waals surface area (Å²) in [6, 6.07) is 16.5. The molecule has 3 rings (SSSR count). The highest BCUT2D eigenvalue weighted by molar-refractivity contribution is 9.10. The fourth-order valence-corrected chi connectivity index (χ4v) is 2.50. The van der Waals surface area contributed by atoms with Crippen LogP contribution >= 0.6 is 15.9 Å². The van der Waals surface area contributed by atoms with Crippen molar-refractivity contribution in [3.05, 3.63) is 64.1 Å². The molecule has 0 spiro atoms. The maximum absolute atomic E-state index is 4.67. The van der Waals surface area contributed by atoms with E-state index in [2.05, 4.69) is 51.3 Å². The second kappa shape index (κ2) is 3.87. The van der Waals surface area contributed by atoms with Crippen molar-refractivity contribution in [1.82, 2.24) is 0 Å². The number of nitrogens with zero attached hydrogens (tertiary/aromatic N) is 1. The molecule has 0 bridgehead atoms. The molecule has 0 saturated heterocycles. The lowest BCUT2D eigenvalue weighted by Gasteiger charge is -2.02. The smallest absolute Gasteiger partial charge is 0.0669 e. The van der Waals surface area contributed by atoms with E-state index in [1.165, 1.54) is 11.1 Å². The maximum atomic E-state index is 4.67. The molecule has 0 radical (unpaired) electrons. The Morgan fingerprint density at radius 1 is 0.938 bits per heavy atom. The third-order valence-corrected chi connectivity index (χ3v) is 3.48. The number of fused-ring (bicyclic) bond motifs is 1. The topological polar surface area (TPSA) is 12.4 Å². The summed E-state index contributed by atoms with van der Waals surface area (Å²) < 4.78 is 1.11. The summed E-state index contributed by atoms with van der Waals surface area (Å²) in [7, 11) is 0. The van der Waals surface area contributed by atoms with Gasteiger partial charge in [-0.3, -0.25) is 4.99 Å². The molecule has 78 valence electrons. The van der Waals surface area contributed by atoms with E-state index in [0.717, 1.165) is 22.3 Å². The number of hydrogen-bond donors (Lipinski definition) is 0. The van der Waals surface area contributed by atoms with Crippen LogP contribution in [0.3, 0.4) is 0 Å². The normalized spacial score (nSPS) is 13.4. The van der Waals surface area contributed by atoms with Gasteiger partial charge in [0.1, 0.15) is 0 Å². The van der Waals surface area contributed by atoms with Gasteiger partial charge >= 0.3 is 0 Å². The summed E-state index contributed by atoms with van der Waals surface area (Å²) in [6.07, 6.45) is 0.929. The van der Waals surface area contributed by atoms with Crippen LogP contribution in [0.2, 0.25) is 0 Å². The highest BCUT2D eigenvalue weighted by atomic mass is 79.9. The van der Waals surface area contributed by atoms with Crippen LogP contribution in [0.25, 0.3) is 0 Å². The number of hydrogen-bond acceptors (Lipinski definition) is 1. The Kier molecular flexibility index (Phi) is 2.37. The summed E-state index contributed by atoms with van der Waals surface area (Å²) in [5, 5.41) is 0. The van der Waals surface area contributed by atoms with E-state index in [1.54, 1.807) is 0 Å². The molecule has 0 saturated carbocycles. The molecule has 0 aromatic heterocycles. The zero-order valence-electron chi connectivity index (χ0n) is 8.65. The van der Waals surface area contributed by atoms with Gasteiger partial charge in [0.15, 0.2) is 0 Å². The maximum Gasteiger partial charge on any atom is 0.0669 e. The van der Waals surface area contributed by atoms with E-state index >= 15 is 0 Å². The molecule has 0 aliphatic carbocycles. The minimum atomic E-state index is 0.929. The highest BCUT2D eigenvalue weighted by Gasteiger charge is 2.16. The van der Waals surface area contributed by atoms with Crippen LogP contribution in [-0.4, -0.2) is 5.71 Å². The van der Waals surface area contributed by atoms with Crippen molar-refractivity contribution in [3.63, 3.8) is 0 Å². The SMILES string of the molecule is Brc1ccccc1C1=Nc2ccccc2C1. The van der Waals surface area contributed by atoms with E-state index in [0.29, 0.717) is 0 Å². The van der Waals surface area contributed by atoms with Crippen LogP contribution in [0.4, 0.5) is 5.69 Å². The van der Waals surface area contributed by atoms with Crippen LogP contribution in [0, 0.1) is 0 Å². The van der Waals surface area contributed by atoms with Gasteiger partial charge in [-0.2, -0.15) is 0 Å². The van der Waals surface area contributed by atoms with Gasteiger partial charge in [0, 0.05) is 16.5 Å². The first-order valence-electron chi connectivity index (χ1n) is 5.25. The lowest BCUT2D eigenvalue weighted by molar-refractivity contribution is 1.38. The zero-order chi connectivity index (χ0) is 11.0. The second-order valence-electron chi connectivity index (χ2n) is 3.84. The largest absolute Gasteiger partial charge is 0.252 e. The summed E-state index contributed by atoms with van der Waals surface area (Å²) in [5.74, 6) is 0. The summed E-state index contributed by atoms with van der Waals surface area (Å²) in [5.41, 5.74) is 4.76. The van der Waals surface area contributed by atoms with E-state index in [9.17, 15) is 0 Å². The molecule has 2 aromatic carbocycles. The second-order valence-corrected chi connectivity index (χ2v) is 4.70. The van der Waals surface area contributed by atoms with Crippen molar-refractivity contribution in [3.8, 4) is 0 Å². The summed E-state index contributed by atoms with van der Waals surface area (Å²) in [6.45, 7) is 0. The third-order valence-electron chi connectivity index (χ3n) is 2.79. The van der Waals surface area contributed by atoms with Gasteiger partial charge < -0.3 is 0 Å². The third kappa shape index (κ3) is 1.59. The Hall–Kier alpha value is -1.41. The zero-order valence-corrected chi connectivity index (χ0v) is 10.2. The van der Waals surface area contributed by atoms with Crippen molar-refractivity contribution < 1.29 is 0 Å². The number of halogens is 1. The van der Waals surface area contributed by atoms with Crippen LogP contribution in [0.5, 0.6) is 0 Å². The molecule has 0 amide bonds. The first-order chi connectivity index (χ1) is 7.84. The molecule has 0 N–H and O–H groups in total. The van der Waals surface area contributed by atoms with Crippen molar-refractivity contribution in [2.45, 2.75) is 6.42 Å². The highest BCUT2D eigenvalue weighted by Crippen LogP contribution is 2.30. The van der Waals surface area contributed by atoms with E-state index < -0.39 is 0 Å². The first kappa shape index (κ1) is 9.79. The average Bonchev–Trinajstić information content (AvgIpc) is 2.73. The molecule has 0 atom stereocenters. The van der Waals surface area contributed by atoms with E-state index in [4.69, 9.17) is 0 Å². The quantitative estimate of drug-likeness (QED) is 0.740. The monoisotopic (exact) mass is 271 g/mol. The lowest BCUT2D eigenvalue weighted by atomic mass is 10.0. The summed E-state index contributed by atoms with van der Waals surface area (Å²) >= 11 is 3.57. The molecular weight excluding hydrogens is 262 g/mol. The minimum absolute atomic E-state index is 0.929. The molecule has 0 unspecified atom stereocenters. The predicted molar refractivity (Wildman–Crippen MR) is 70.5 cm³/mol.